The quantitative estimate of drug-likeness (QED) is 0.842. The Balaban J connectivity index is 1.90. The first-order valence-electron chi connectivity index (χ1n) is 7.06. The van der Waals surface area contributed by atoms with Crippen LogP contribution in [0.3, 0.4) is 0 Å². The van der Waals surface area contributed by atoms with E-state index >= 15 is 0 Å². The van der Waals surface area contributed by atoms with E-state index in [-0.39, 0.29) is 30.4 Å². The van der Waals surface area contributed by atoms with E-state index in [1.54, 1.807) is 0 Å². The van der Waals surface area contributed by atoms with E-state index in [1.165, 1.54) is 24.3 Å². The molecule has 2 rings (SSSR count). The third-order valence-electron chi connectivity index (χ3n) is 3.56. The van der Waals surface area contributed by atoms with Crippen molar-refractivity contribution in [3.05, 3.63) is 30.1 Å². The summed E-state index contributed by atoms with van der Waals surface area (Å²) in [4.78, 5) is 16.1. The van der Waals surface area contributed by atoms with Gasteiger partial charge in [-0.2, -0.15) is 0 Å². The molecule has 2 atom stereocenters. The number of amides is 1. The van der Waals surface area contributed by atoms with Crippen molar-refractivity contribution >= 4 is 11.6 Å². The van der Waals surface area contributed by atoms with Crippen molar-refractivity contribution in [3.63, 3.8) is 0 Å². The lowest BCUT2D eigenvalue weighted by Crippen LogP contribution is -2.41. The molecular formula is C15H22FN3O2. The number of carbonyl (C=O) groups is 1. The summed E-state index contributed by atoms with van der Waals surface area (Å²) in [5.41, 5.74) is 0.574. The number of aliphatic hydroxyl groups excluding tert-OH is 1. The number of likely N-dealkylation sites (N-methyl/N-ethyl adjacent to an activating group) is 1. The molecule has 1 aromatic carbocycles. The number of aliphatic hydroxyl groups is 1. The van der Waals surface area contributed by atoms with Crippen molar-refractivity contribution in [2.45, 2.75) is 18.6 Å². The summed E-state index contributed by atoms with van der Waals surface area (Å²) in [5.74, 6) is -0.485. The van der Waals surface area contributed by atoms with Gasteiger partial charge in [-0.3, -0.25) is 9.69 Å². The standard InChI is InChI=1S/C15H22FN3O2/c1-18(2)8-13-7-14(20)9-19(13)10-15(21)17-12-5-3-11(16)4-6-12/h3-6,13-14,20H,7-10H2,1-2H3,(H,17,21). The summed E-state index contributed by atoms with van der Waals surface area (Å²) in [5, 5.41) is 12.5. The Bertz CT molecular complexity index is 478. The van der Waals surface area contributed by atoms with E-state index in [9.17, 15) is 14.3 Å². The molecular weight excluding hydrogens is 273 g/mol. The second-order valence-electron chi connectivity index (χ2n) is 5.79. The summed E-state index contributed by atoms with van der Waals surface area (Å²) in [6.07, 6.45) is 0.302. The molecule has 1 fully saturated rings. The molecule has 1 amide bonds. The van der Waals surface area contributed by atoms with Gasteiger partial charge in [-0.1, -0.05) is 0 Å². The summed E-state index contributed by atoms with van der Waals surface area (Å²) in [7, 11) is 3.95. The van der Waals surface area contributed by atoms with Crippen molar-refractivity contribution in [2.24, 2.45) is 0 Å². The Hall–Kier alpha value is -1.50. The molecule has 1 aliphatic rings. The van der Waals surface area contributed by atoms with E-state index in [0.29, 0.717) is 18.7 Å². The number of β-amino-alcohol motifs (C(OH)–C–C–N with tert-alkyl or cyclic N) is 1. The first kappa shape index (κ1) is 15.9. The zero-order valence-corrected chi connectivity index (χ0v) is 12.4. The molecule has 1 aliphatic heterocycles. The Kier molecular flexibility index (Phi) is 5.27. The van der Waals surface area contributed by atoms with Crippen molar-refractivity contribution in [1.82, 2.24) is 9.80 Å². The van der Waals surface area contributed by atoms with Crippen molar-refractivity contribution < 1.29 is 14.3 Å². The molecule has 116 valence electrons. The highest BCUT2D eigenvalue weighted by Crippen LogP contribution is 2.18. The number of rotatable bonds is 5. The fourth-order valence-corrected chi connectivity index (χ4v) is 2.68. The number of carbonyl (C=O) groups excluding carboxylic acids is 1. The van der Waals surface area contributed by atoms with Gasteiger partial charge < -0.3 is 15.3 Å². The molecule has 0 spiro atoms. The lowest BCUT2D eigenvalue weighted by Gasteiger charge is -2.26. The second kappa shape index (κ2) is 6.98. The molecule has 2 N–H and O–H groups in total. The largest absolute Gasteiger partial charge is 0.392 e. The minimum atomic E-state index is -0.381. The summed E-state index contributed by atoms with van der Waals surface area (Å²) >= 11 is 0. The number of nitrogens with one attached hydrogen (secondary N) is 1. The van der Waals surface area contributed by atoms with Gasteiger partial charge in [0.2, 0.25) is 5.91 Å². The Morgan fingerprint density at radius 2 is 2.10 bits per heavy atom. The van der Waals surface area contributed by atoms with Crippen LogP contribution in [0.1, 0.15) is 6.42 Å². The summed E-state index contributed by atoms with van der Waals surface area (Å²) in [6.45, 7) is 1.54. The second-order valence-corrected chi connectivity index (χ2v) is 5.79. The van der Waals surface area contributed by atoms with Gasteiger partial charge in [0.15, 0.2) is 0 Å². The molecule has 1 aromatic rings. The Labute approximate surface area is 124 Å². The van der Waals surface area contributed by atoms with Gasteiger partial charge in [-0.15, -0.1) is 0 Å². The van der Waals surface area contributed by atoms with Crippen LogP contribution in [0.2, 0.25) is 0 Å². The van der Waals surface area contributed by atoms with Gasteiger partial charge >= 0.3 is 0 Å². The molecule has 1 saturated heterocycles. The summed E-state index contributed by atoms with van der Waals surface area (Å²) < 4.78 is 12.8. The molecule has 1 heterocycles. The van der Waals surface area contributed by atoms with E-state index in [1.807, 2.05) is 23.9 Å². The highest BCUT2D eigenvalue weighted by Gasteiger charge is 2.32. The van der Waals surface area contributed by atoms with E-state index in [0.717, 1.165) is 6.54 Å². The predicted molar refractivity (Wildman–Crippen MR) is 79.6 cm³/mol. The van der Waals surface area contributed by atoms with Gasteiger partial charge in [-0.05, 0) is 44.8 Å². The number of nitrogens with zero attached hydrogens (tertiary/aromatic N) is 2. The highest BCUT2D eigenvalue weighted by molar-refractivity contribution is 5.92. The Morgan fingerprint density at radius 3 is 2.71 bits per heavy atom. The van der Waals surface area contributed by atoms with Gasteiger partial charge in [0.25, 0.3) is 0 Å². The van der Waals surface area contributed by atoms with Crippen LogP contribution in [0.5, 0.6) is 0 Å². The van der Waals surface area contributed by atoms with Crippen LogP contribution in [0.25, 0.3) is 0 Å². The van der Waals surface area contributed by atoms with Crippen molar-refractivity contribution in [1.29, 1.82) is 0 Å². The maximum absolute atomic E-state index is 12.8. The maximum atomic E-state index is 12.8. The zero-order chi connectivity index (χ0) is 15.4. The summed E-state index contributed by atoms with van der Waals surface area (Å²) in [6, 6.07) is 5.86. The van der Waals surface area contributed by atoms with Crippen LogP contribution in [-0.4, -0.2) is 66.7 Å². The fraction of sp³-hybridized carbons (Fsp3) is 0.533. The zero-order valence-electron chi connectivity index (χ0n) is 12.4. The molecule has 0 saturated carbocycles. The van der Waals surface area contributed by atoms with Crippen molar-refractivity contribution in [2.75, 3.05) is 39.0 Å². The van der Waals surface area contributed by atoms with Gasteiger partial charge in [0, 0.05) is 24.8 Å². The number of benzene rings is 1. The lowest BCUT2D eigenvalue weighted by molar-refractivity contribution is -0.117. The average molecular weight is 295 g/mol. The number of anilines is 1. The number of hydrogen-bond donors (Lipinski definition) is 2. The molecule has 2 unspecified atom stereocenters. The minimum Gasteiger partial charge on any atom is -0.392 e. The molecule has 0 radical (unpaired) electrons. The monoisotopic (exact) mass is 295 g/mol. The van der Waals surface area contributed by atoms with Gasteiger partial charge in [0.1, 0.15) is 5.82 Å². The fourth-order valence-electron chi connectivity index (χ4n) is 2.68. The van der Waals surface area contributed by atoms with E-state index in [2.05, 4.69) is 5.32 Å². The number of likely N-dealkylation sites (tertiary alicyclic amines) is 1. The molecule has 21 heavy (non-hydrogen) atoms. The first-order chi connectivity index (χ1) is 9.94. The van der Waals surface area contributed by atoms with Crippen molar-refractivity contribution in [3.8, 4) is 0 Å². The average Bonchev–Trinajstić information content (AvgIpc) is 2.71. The molecule has 5 nitrogen and oxygen atoms in total. The molecule has 0 aliphatic carbocycles. The lowest BCUT2D eigenvalue weighted by atomic mass is 10.2. The van der Waals surface area contributed by atoms with Crippen LogP contribution in [-0.2, 0) is 4.79 Å². The highest BCUT2D eigenvalue weighted by atomic mass is 19.1. The van der Waals surface area contributed by atoms with E-state index < -0.39 is 0 Å². The van der Waals surface area contributed by atoms with Crippen LogP contribution in [0, 0.1) is 5.82 Å². The van der Waals surface area contributed by atoms with Crippen LogP contribution in [0.15, 0.2) is 24.3 Å². The smallest absolute Gasteiger partial charge is 0.238 e. The Morgan fingerprint density at radius 1 is 1.43 bits per heavy atom. The van der Waals surface area contributed by atoms with Crippen LogP contribution < -0.4 is 5.32 Å². The maximum Gasteiger partial charge on any atom is 0.238 e. The third kappa shape index (κ3) is 4.77. The third-order valence-corrected chi connectivity index (χ3v) is 3.56. The van der Waals surface area contributed by atoms with Crippen LogP contribution >= 0.6 is 0 Å². The SMILES string of the molecule is CN(C)CC1CC(O)CN1CC(=O)Nc1ccc(F)cc1. The topological polar surface area (TPSA) is 55.8 Å². The van der Waals surface area contributed by atoms with Gasteiger partial charge in [-0.25, -0.2) is 4.39 Å². The molecule has 6 heteroatoms. The van der Waals surface area contributed by atoms with Crippen LogP contribution in [0.4, 0.5) is 10.1 Å². The predicted octanol–water partition coefficient (Wildman–Crippen LogP) is 0.761. The number of hydrogen-bond acceptors (Lipinski definition) is 4. The first-order valence-corrected chi connectivity index (χ1v) is 7.06. The number of halogens is 1. The molecule has 0 bridgehead atoms. The minimum absolute atomic E-state index is 0.153. The van der Waals surface area contributed by atoms with Gasteiger partial charge in [0.05, 0.1) is 12.6 Å². The molecule has 0 aromatic heterocycles. The normalized spacial score (nSPS) is 22.7. The van der Waals surface area contributed by atoms with E-state index in [4.69, 9.17) is 0 Å².